The van der Waals surface area contributed by atoms with Crippen LogP contribution in [-0.4, -0.2) is 29.3 Å². The number of nitrogens with zero attached hydrogens (tertiary/aromatic N) is 1. The first kappa shape index (κ1) is 16.0. The van der Waals surface area contributed by atoms with Crippen LogP contribution < -0.4 is 5.11 Å². The molecule has 114 valence electrons. The largest absolute Gasteiger partial charge is 0.544 e. The molecule has 2 rings (SSSR count). The zero-order valence-corrected chi connectivity index (χ0v) is 12.9. The lowest BCUT2D eigenvalue weighted by atomic mass is 10.0. The van der Waals surface area contributed by atoms with Crippen LogP contribution in [0.25, 0.3) is 0 Å². The molecule has 0 aliphatic carbocycles. The smallest absolute Gasteiger partial charge is 0.214 e. The fourth-order valence-electron chi connectivity index (χ4n) is 2.50. The Hall–Kier alpha value is -2.42. The molecule has 0 spiro atoms. The van der Waals surface area contributed by atoms with Gasteiger partial charge < -0.3 is 9.90 Å². The van der Waals surface area contributed by atoms with Gasteiger partial charge in [-0.1, -0.05) is 49.7 Å². The highest BCUT2D eigenvalue weighted by Gasteiger charge is 2.19. The molecule has 3 nitrogen and oxygen atoms in total. The molecule has 0 aromatic heterocycles. The highest BCUT2D eigenvalue weighted by molar-refractivity contribution is 6.09. The van der Waals surface area contributed by atoms with Crippen LogP contribution in [0.15, 0.2) is 60.7 Å². The normalized spacial score (nSPS) is 10.2. The zero-order chi connectivity index (χ0) is 15.8. The molecule has 3 heteroatoms. The van der Waals surface area contributed by atoms with E-state index in [-0.39, 0.29) is 6.54 Å². The maximum absolute atomic E-state index is 11.2. The molecule has 22 heavy (non-hydrogen) atoms. The van der Waals surface area contributed by atoms with Gasteiger partial charge in [0, 0.05) is 17.5 Å². The minimum absolute atomic E-state index is 0.0981. The van der Waals surface area contributed by atoms with Gasteiger partial charge in [-0.3, -0.25) is 0 Å². The molecule has 0 amide bonds. The van der Waals surface area contributed by atoms with E-state index in [1.165, 1.54) is 0 Å². The van der Waals surface area contributed by atoms with Crippen molar-refractivity contribution in [2.24, 2.45) is 0 Å². The molecular formula is C19H21NO2. The summed E-state index contributed by atoms with van der Waals surface area (Å²) in [7, 11) is 0. The molecule has 0 heterocycles. The summed E-state index contributed by atoms with van der Waals surface area (Å²) < 4.78 is 1.91. The van der Waals surface area contributed by atoms with Crippen LogP contribution in [-0.2, 0) is 4.79 Å². The molecule has 2 aromatic rings. The lowest BCUT2D eigenvalue weighted by Crippen LogP contribution is -2.37. The standard InChI is InChI=1S/C19H21NO2/c1-2-3-14-20(15-18(21)22)19(16-10-6-4-7-11-16)17-12-8-5-9-13-17/h4-13H,2-3,14-15H2,1H3. The Bertz CT molecular complexity index is 591. The van der Waals surface area contributed by atoms with Gasteiger partial charge in [-0.25, -0.2) is 4.58 Å². The van der Waals surface area contributed by atoms with Crippen molar-refractivity contribution in [1.82, 2.24) is 0 Å². The summed E-state index contributed by atoms with van der Waals surface area (Å²) in [6, 6.07) is 19.8. The molecule has 0 N–H and O–H groups in total. The molecule has 0 aliphatic heterocycles. The predicted octanol–water partition coefficient (Wildman–Crippen LogP) is 2.09. The highest BCUT2D eigenvalue weighted by Crippen LogP contribution is 2.11. The van der Waals surface area contributed by atoms with Crippen LogP contribution in [0.3, 0.4) is 0 Å². The average Bonchev–Trinajstić information content (AvgIpc) is 2.54. The number of benzene rings is 2. The van der Waals surface area contributed by atoms with Gasteiger partial charge >= 0.3 is 0 Å². The Morgan fingerprint density at radius 1 is 0.955 bits per heavy atom. The second-order valence-corrected chi connectivity index (χ2v) is 5.23. The van der Waals surface area contributed by atoms with E-state index in [1.54, 1.807) is 0 Å². The van der Waals surface area contributed by atoms with Crippen molar-refractivity contribution in [1.29, 1.82) is 0 Å². The number of rotatable bonds is 7. The Kier molecular flexibility index (Phi) is 5.90. The quantitative estimate of drug-likeness (QED) is 0.580. The van der Waals surface area contributed by atoms with Crippen molar-refractivity contribution in [2.45, 2.75) is 19.8 Å². The van der Waals surface area contributed by atoms with E-state index in [4.69, 9.17) is 0 Å². The molecular weight excluding hydrogens is 274 g/mol. The molecule has 0 saturated carbocycles. The second-order valence-electron chi connectivity index (χ2n) is 5.23. The minimum atomic E-state index is -1.06. The van der Waals surface area contributed by atoms with Crippen molar-refractivity contribution < 1.29 is 14.5 Å². The third-order valence-electron chi connectivity index (χ3n) is 3.51. The van der Waals surface area contributed by atoms with Crippen LogP contribution >= 0.6 is 0 Å². The Morgan fingerprint density at radius 2 is 1.45 bits per heavy atom. The van der Waals surface area contributed by atoms with E-state index < -0.39 is 5.97 Å². The molecule has 0 aliphatic rings. The number of carboxylic acid groups (broad SMARTS) is 1. The van der Waals surface area contributed by atoms with Gasteiger partial charge in [-0.05, 0) is 24.3 Å². The summed E-state index contributed by atoms with van der Waals surface area (Å²) >= 11 is 0. The molecule has 0 saturated heterocycles. The van der Waals surface area contributed by atoms with Crippen molar-refractivity contribution in [2.75, 3.05) is 13.1 Å². The highest BCUT2D eigenvalue weighted by atomic mass is 16.4. The Labute approximate surface area is 131 Å². The third kappa shape index (κ3) is 4.29. The molecule has 2 aromatic carbocycles. The number of aliphatic carboxylic acids is 1. The Balaban J connectivity index is 2.57. The maximum Gasteiger partial charge on any atom is 0.214 e. The van der Waals surface area contributed by atoms with Gasteiger partial charge in [0.05, 0.1) is 0 Å². The molecule has 0 atom stereocenters. The van der Waals surface area contributed by atoms with Crippen molar-refractivity contribution in [3.63, 3.8) is 0 Å². The number of carbonyl (C=O) groups excluding carboxylic acids is 1. The zero-order valence-electron chi connectivity index (χ0n) is 12.9. The van der Waals surface area contributed by atoms with Crippen molar-refractivity contribution in [3.05, 3.63) is 71.8 Å². The number of carboxylic acids is 1. The van der Waals surface area contributed by atoms with E-state index in [0.29, 0.717) is 6.54 Å². The fraction of sp³-hybridized carbons (Fsp3) is 0.263. The predicted molar refractivity (Wildman–Crippen MR) is 86.0 cm³/mol. The number of hydrogen-bond acceptors (Lipinski definition) is 2. The van der Waals surface area contributed by atoms with Crippen LogP contribution in [0.2, 0.25) is 0 Å². The lowest BCUT2D eigenvalue weighted by molar-refractivity contribution is -0.527. The number of unbranched alkanes of at least 4 members (excludes halogenated alkanes) is 1. The topological polar surface area (TPSA) is 43.1 Å². The average molecular weight is 295 g/mol. The van der Waals surface area contributed by atoms with E-state index in [0.717, 1.165) is 29.7 Å². The van der Waals surface area contributed by atoms with Gasteiger partial charge in [0.1, 0.15) is 12.5 Å². The first-order chi connectivity index (χ1) is 10.7. The second kappa shape index (κ2) is 8.13. The summed E-state index contributed by atoms with van der Waals surface area (Å²) in [6.07, 6.45) is 1.96. The fourth-order valence-corrected chi connectivity index (χ4v) is 2.50. The van der Waals surface area contributed by atoms with Crippen LogP contribution in [0.1, 0.15) is 30.9 Å². The maximum atomic E-state index is 11.2. The van der Waals surface area contributed by atoms with E-state index in [2.05, 4.69) is 6.92 Å². The summed E-state index contributed by atoms with van der Waals surface area (Å²) in [5, 5.41) is 11.2. The molecule has 0 unspecified atom stereocenters. The first-order valence-corrected chi connectivity index (χ1v) is 7.65. The summed E-state index contributed by atoms with van der Waals surface area (Å²) in [4.78, 5) is 11.2. The number of hydrogen-bond donors (Lipinski definition) is 0. The van der Waals surface area contributed by atoms with Gasteiger partial charge in [0.15, 0.2) is 6.54 Å². The van der Waals surface area contributed by atoms with E-state index in [1.807, 2.05) is 65.2 Å². The molecule has 0 bridgehead atoms. The van der Waals surface area contributed by atoms with Crippen molar-refractivity contribution >= 4 is 11.7 Å². The molecule has 0 fully saturated rings. The number of carbonyl (C=O) groups is 1. The first-order valence-electron chi connectivity index (χ1n) is 7.65. The van der Waals surface area contributed by atoms with Crippen LogP contribution in [0, 0.1) is 0 Å². The Morgan fingerprint density at radius 3 is 1.86 bits per heavy atom. The SMILES string of the molecule is CCCC[N+](CC(=O)[O-])=C(c1ccccc1)c1ccccc1. The van der Waals surface area contributed by atoms with Gasteiger partial charge in [0.25, 0.3) is 0 Å². The monoisotopic (exact) mass is 295 g/mol. The van der Waals surface area contributed by atoms with E-state index >= 15 is 0 Å². The van der Waals surface area contributed by atoms with Gasteiger partial charge in [-0.2, -0.15) is 0 Å². The van der Waals surface area contributed by atoms with Crippen molar-refractivity contribution in [3.8, 4) is 0 Å². The van der Waals surface area contributed by atoms with Crippen LogP contribution in [0.4, 0.5) is 0 Å². The minimum Gasteiger partial charge on any atom is -0.544 e. The van der Waals surface area contributed by atoms with Crippen LogP contribution in [0.5, 0.6) is 0 Å². The van der Waals surface area contributed by atoms with Gasteiger partial charge in [0.2, 0.25) is 5.71 Å². The lowest BCUT2D eigenvalue weighted by Gasteiger charge is -2.12. The summed E-state index contributed by atoms with van der Waals surface area (Å²) in [5.41, 5.74) is 2.98. The molecule has 0 radical (unpaired) electrons. The summed E-state index contributed by atoms with van der Waals surface area (Å²) in [5.74, 6) is -1.06. The van der Waals surface area contributed by atoms with Gasteiger partial charge in [-0.15, -0.1) is 0 Å². The van der Waals surface area contributed by atoms with E-state index in [9.17, 15) is 9.90 Å². The third-order valence-corrected chi connectivity index (χ3v) is 3.51. The summed E-state index contributed by atoms with van der Waals surface area (Å²) in [6.45, 7) is 2.70.